The average Bonchev–Trinajstić information content (AvgIpc) is 2.52. The average molecular weight is 367 g/mol. The fourth-order valence-electron chi connectivity index (χ4n) is 2.75. The first-order chi connectivity index (χ1) is 10.5. The number of amides is 2. The molecule has 0 spiro atoms. The van der Waals surface area contributed by atoms with Crippen molar-refractivity contribution in [1.82, 2.24) is 9.80 Å². The highest BCUT2D eigenvalue weighted by Gasteiger charge is 2.24. The molecule has 2 amide bonds. The maximum absolute atomic E-state index is 12.5. The molecule has 1 aliphatic rings. The zero-order chi connectivity index (χ0) is 16.1. The number of carbonyl (C=O) groups excluding carboxylic acids is 2. The minimum atomic E-state index is -0.0283. The molecule has 0 radical (unpaired) electrons. The minimum Gasteiger partial charge on any atom is -0.336 e. The Bertz CT molecular complexity index is 545. The van der Waals surface area contributed by atoms with E-state index < -0.39 is 0 Å². The molecule has 0 aliphatic carbocycles. The van der Waals surface area contributed by atoms with E-state index >= 15 is 0 Å². The number of rotatable bonds is 5. The van der Waals surface area contributed by atoms with Gasteiger partial charge in [0.15, 0.2) is 0 Å². The number of benzene rings is 1. The quantitative estimate of drug-likeness (QED) is 0.751. The molecule has 0 saturated carbocycles. The number of alkyl halides is 1. The Kier molecular flexibility index (Phi) is 6.00. The number of hydrogen-bond donors (Lipinski definition) is 0. The van der Waals surface area contributed by atoms with E-state index in [1.165, 1.54) is 11.1 Å². The summed E-state index contributed by atoms with van der Waals surface area (Å²) in [6.45, 7) is 6.26. The van der Waals surface area contributed by atoms with E-state index in [1.807, 2.05) is 17.0 Å². The van der Waals surface area contributed by atoms with Gasteiger partial charge in [-0.25, -0.2) is 0 Å². The van der Waals surface area contributed by atoms with Crippen LogP contribution in [0.5, 0.6) is 0 Å². The van der Waals surface area contributed by atoms with Gasteiger partial charge in [-0.3, -0.25) is 9.59 Å². The molecule has 1 heterocycles. The highest BCUT2D eigenvalue weighted by molar-refractivity contribution is 9.09. The van der Waals surface area contributed by atoms with Gasteiger partial charge in [0.25, 0.3) is 0 Å². The molecular formula is C17H23BrN2O2. The van der Waals surface area contributed by atoms with Crippen LogP contribution >= 0.6 is 15.9 Å². The number of hydrogen-bond acceptors (Lipinski definition) is 2. The van der Waals surface area contributed by atoms with Crippen LogP contribution in [-0.4, -0.2) is 46.6 Å². The molecule has 22 heavy (non-hydrogen) atoms. The van der Waals surface area contributed by atoms with Crippen LogP contribution in [0.25, 0.3) is 0 Å². The molecule has 0 atom stereocenters. The summed E-state index contributed by atoms with van der Waals surface area (Å²) >= 11 is 3.20. The van der Waals surface area contributed by atoms with E-state index in [1.54, 1.807) is 4.90 Å². The van der Waals surface area contributed by atoms with Crippen LogP contribution < -0.4 is 0 Å². The van der Waals surface area contributed by atoms with Gasteiger partial charge in [-0.15, -0.1) is 0 Å². The molecule has 1 aromatic rings. The summed E-state index contributed by atoms with van der Waals surface area (Å²) in [5, 5.41) is 0.260. The summed E-state index contributed by atoms with van der Waals surface area (Å²) in [5.74, 6) is 0.349. The maximum atomic E-state index is 12.5. The molecule has 0 unspecified atom stereocenters. The lowest BCUT2D eigenvalue weighted by molar-refractivity contribution is -0.140. The van der Waals surface area contributed by atoms with Crippen molar-refractivity contribution in [3.63, 3.8) is 0 Å². The third-order valence-electron chi connectivity index (χ3n) is 3.86. The molecule has 0 fully saturated rings. The summed E-state index contributed by atoms with van der Waals surface area (Å²) < 4.78 is 0. The molecule has 1 aromatic carbocycles. The second-order valence-electron chi connectivity index (χ2n) is 6.14. The van der Waals surface area contributed by atoms with Gasteiger partial charge in [-0.1, -0.05) is 54.0 Å². The largest absolute Gasteiger partial charge is 0.336 e. The Balaban J connectivity index is 2.00. The summed E-state index contributed by atoms with van der Waals surface area (Å²) in [6, 6.07) is 8.24. The van der Waals surface area contributed by atoms with Gasteiger partial charge < -0.3 is 9.80 Å². The Labute approximate surface area is 140 Å². The lowest BCUT2D eigenvalue weighted by Gasteiger charge is -2.31. The summed E-state index contributed by atoms with van der Waals surface area (Å²) in [7, 11) is 0. The van der Waals surface area contributed by atoms with Crippen molar-refractivity contribution in [3.05, 3.63) is 35.4 Å². The van der Waals surface area contributed by atoms with Crippen LogP contribution in [0, 0.1) is 5.92 Å². The summed E-state index contributed by atoms with van der Waals surface area (Å²) in [5.41, 5.74) is 2.53. The van der Waals surface area contributed by atoms with Crippen LogP contribution in [0.1, 0.15) is 25.0 Å². The van der Waals surface area contributed by atoms with Crippen LogP contribution in [0.15, 0.2) is 24.3 Å². The van der Waals surface area contributed by atoms with Crippen molar-refractivity contribution < 1.29 is 9.59 Å². The Hall–Kier alpha value is -1.36. The van der Waals surface area contributed by atoms with E-state index in [-0.39, 0.29) is 23.7 Å². The van der Waals surface area contributed by atoms with E-state index in [2.05, 4.69) is 41.9 Å². The smallest absolute Gasteiger partial charge is 0.242 e. The van der Waals surface area contributed by atoms with Gasteiger partial charge in [0.05, 0.1) is 11.9 Å². The van der Waals surface area contributed by atoms with Crippen molar-refractivity contribution in [1.29, 1.82) is 0 Å². The topological polar surface area (TPSA) is 40.6 Å². The van der Waals surface area contributed by atoms with E-state index in [4.69, 9.17) is 0 Å². The molecular weight excluding hydrogens is 344 g/mol. The van der Waals surface area contributed by atoms with E-state index in [9.17, 15) is 9.59 Å². The minimum absolute atomic E-state index is 0.0283. The Morgan fingerprint density at radius 1 is 1.27 bits per heavy atom. The highest BCUT2D eigenvalue weighted by atomic mass is 79.9. The van der Waals surface area contributed by atoms with Gasteiger partial charge in [-0.2, -0.15) is 0 Å². The molecule has 5 heteroatoms. The predicted molar refractivity (Wildman–Crippen MR) is 90.8 cm³/mol. The van der Waals surface area contributed by atoms with Crippen LogP contribution in [0.2, 0.25) is 0 Å². The van der Waals surface area contributed by atoms with Gasteiger partial charge in [0.1, 0.15) is 0 Å². The summed E-state index contributed by atoms with van der Waals surface area (Å²) in [4.78, 5) is 28.0. The first-order valence-corrected chi connectivity index (χ1v) is 8.81. The summed E-state index contributed by atoms with van der Waals surface area (Å²) in [6.07, 6.45) is 0.887. The van der Waals surface area contributed by atoms with Gasteiger partial charge in [-0.05, 0) is 23.5 Å². The second kappa shape index (κ2) is 7.77. The van der Waals surface area contributed by atoms with Crippen molar-refractivity contribution in [2.24, 2.45) is 5.92 Å². The SMILES string of the molecule is CC(C)CN(CC(=O)N1CCc2ccccc2C1)C(=O)CBr. The predicted octanol–water partition coefficient (Wildman–Crippen LogP) is 2.45. The molecule has 0 aromatic heterocycles. The van der Waals surface area contributed by atoms with Gasteiger partial charge in [0, 0.05) is 19.6 Å². The van der Waals surface area contributed by atoms with Crippen molar-refractivity contribution in [2.45, 2.75) is 26.8 Å². The van der Waals surface area contributed by atoms with Crippen molar-refractivity contribution in [2.75, 3.05) is 25.0 Å². The standard InChI is InChI=1S/C17H23BrN2O2/c1-13(2)10-20(16(21)9-18)12-17(22)19-8-7-14-5-3-4-6-15(14)11-19/h3-6,13H,7-12H2,1-2H3. The van der Waals surface area contributed by atoms with Crippen molar-refractivity contribution >= 4 is 27.7 Å². The van der Waals surface area contributed by atoms with E-state index in [0.717, 1.165) is 13.0 Å². The zero-order valence-electron chi connectivity index (χ0n) is 13.2. The first-order valence-electron chi connectivity index (χ1n) is 7.69. The zero-order valence-corrected chi connectivity index (χ0v) is 14.8. The van der Waals surface area contributed by atoms with Crippen LogP contribution in [0.3, 0.4) is 0 Å². The Morgan fingerprint density at radius 3 is 2.59 bits per heavy atom. The third-order valence-corrected chi connectivity index (χ3v) is 4.34. The van der Waals surface area contributed by atoms with Crippen LogP contribution in [-0.2, 0) is 22.6 Å². The van der Waals surface area contributed by atoms with Crippen LogP contribution in [0.4, 0.5) is 0 Å². The fraction of sp³-hybridized carbons (Fsp3) is 0.529. The fourth-order valence-corrected chi connectivity index (χ4v) is 3.11. The number of halogens is 1. The van der Waals surface area contributed by atoms with Gasteiger partial charge >= 0.3 is 0 Å². The monoisotopic (exact) mass is 366 g/mol. The molecule has 0 saturated heterocycles. The lowest BCUT2D eigenvalue weighted by Crippen LogP contribution is -2.46. The first kappa shape index (κ1) is 17.0. The lowest BCUT2D eigenvalue weighted by atomic mass is 10.00. The highest BCUT2D eigenvalue weighted by Crippen LogP contribution is 2.18. The second-order valence-corrected chi connectivity index (χ2v) is 6.70. The van der Waals surface area contributed by atoms with E-state index in [0.29, 0.717) is 19.0 Å². The number of fused-ring (bicyclic) bond motifs is 1. The Morgan fingerprint density at radius 2 is 1.95 bits per heavy atom. The molecule has 1 aliphatic heterocycles. The number of nitrogens with zero attached hydrogens (tertiary/aromatic N) is 2. The molecule has 0 N–H and O–H groups in total. The molecule has 2 rings (SSSR count). The maximum Gasteiger partial charge on any atom is 0.242 e. The normalized spacial score (nSPS) is 13.9. The number of carbonyl (C=O) groups is 2. The molecule has 4 nitrogen and oxygen atoms in total. The molecule has 0 bridgehead atoms. The van der Waals surface area contributed by atoms with Gasteiger partial charge in [0.2, 0.25) is 11.8 Å². The van der Waals surface area contributed by atoms with Crippen molar-refractivity contribution in [3.8, 4) is 0 Å². The third kappa shape index (κ3) is 4.32. The molecule has 120 valence electrons.